The third kappa shape index (κ3) is 8.97. The summed E-state index contributed by atoms with van der Waals surface area (Å²) in [6.45, 7) is 10.9. The van der Waals surface area contributed by atoms with Crippen molar-refractivity contribution in [3.63, 3.8) is 0 Å². The molecule has 2 N–H and O–H groups in total. The number of hydrogen-bond acceptors (Lipinski definition) is 10. The summed E-state index contributed by atoms with van der Waals surface area (Å²) in [7, 11) is 0. The molecule has 306 valence electrons. The summed E-state index contributed by atoms with van der Waals surface area (Å²) in [6.07, 6.45) is 10.5. The molecule has 0 heterocycles. The predicted octanol–water partition coefficient (Wildman–Crippen LogP) is 7.20. The number of fused-ring (bicyclic) bond motifs is 5. The zero-order valence-electron chi connectivity index (χ0n) is 33.5. The summed E-state index contributed by atoms with van der Waals surface area (Å²) >= 11 is 0. The van der Waals surface area contributed by atoms with E-state index < -0.39 is 6.09 Å². The van der Waals surface area contributed by atoms with Gasteiger partial charge in [0.1, 0.15) is 30.7 Å². The average molecular weight is 768 g/mol. The van der Waals surface area contributed by atoms with Crippen molar-refractivity contribution in [3.8, 4) is 5.75 Å². The molecule has 5 saturated carbocycles. The van der Waals surface area contributed by atoms with Gasteiger partial charge in [0.25, 0.3) is 12.9 Å². The van der Waals surface area contributed by atoms with E-state index in [0.29, 0.717) is 45.5 Å². The molecule has 5 fully saturated rings. The van der Waals surface area contributed by atoms with Gasteiger partial charge in [-0.2, -0.15) is 0 Å². The molecular weight excluding hydrogens is 702 g/mol. The summed E-state index contributed by atoms with van der Waals surface area (Å²) in [4.78, 5) is 48.8. The lowest BCUT2D eigenvalue weighted by Gasteiger charge is -2.64. The van der Waals surface area contributed by atoms with Gasteiger partial charge in [0.2, 0.25) is 0 Å². The second kappa shape index (κ2) is 18.3. The standard InChI is InChI=1S/C44H65NO10/c1-5-51-42(50)45-20-21-52-33-13-11-29(12-14-33)22-30-8-6-7-9-37(30)55-40(49)17-10-28(2)34-15-16-35-41-36(25-39(54-27-47)44(34,35)4)43(3)19-18-32(48)23-31(43)24-38(41)53-26-46/h11-14,26-28,30-32,34-39,41,48H,5-10,15-25H2,1-4H3,(H,45,50)/t28-,30-,31+,32-,34-,35+,36+,37+,38-,39+,41+,43+,44-/m1/s1. The van der Waals surface area contributed by atoms with Crippen molar-refractivity contribution in [2.45, 2.75) is 142 Å². The van der Waals surface area contributed by atoms with E-state index >= 15 is 0 Å². The molecule has 1 aromatic carbocycles. The van der Waals surface area contributed by atoms with E-state index in [9.17, 15) is 24.3 Å². The second-order valence-corrected chi connectivity index (χ2v) is 17.9. The number of carbonyl (C=O) groups excluding carboxylic acids is 4. The van der Waals surface area contributed by atoms with Gasteiger partial charge < -0.3 is 34.1 Å². The van der Waals surface area contributed by atoms with Gasteiger partial charge in [0.05, 0.1) is 19.3 Å². The first-order valence-electron chi connectivity index (χ1n) is 21.2. The Morgan fingerprint density at radius 3 is 2.45 bits per heavy atom. The molecule has 13 atom stereocenters. The van der Waals surface area contributed by atoms with Gasteiger partial charge in [-0.3, -0.25) is 14.4 Å². The molecule has 6 rings (SSSR count). The number of rotatable bonds is 16. The minimum Gasteiger partial charge on any atom is -0.492 e. The zero-order chi connectivity index (χ0) is 39.2. The number of amides is 1. The van der Waals surface area contributed by atoms with Gasteiger partial charge in [-0.15, -0.1) is 0 Å². The molecule has 11 heteroatoms. The molecule has 0 radical (unpaired) electrons. The highest BCUT2D eigenvalue weighted by Gasteiger charge is 2.67. The van der Waals surface area contributed by atoms with Crippen LogP contribution in [-0.4, -0.2) is 74.3 Å². The third-order valence-corrected chi connectivity index (χ3v) is 15.2. The highest BCUT2D eigenvalue weighted by atomic mass is 16.6. The van der Waals surface area contributed by atoms with Crippen LogP contribution in [-0.2, 0) is 39.8 Å². The van der Waals surface area contributed by atoms with Gasteiger partial charge in [-0.05, 0) is 143 Å². The van der Waals surface area contributed by atoms with E-state index in [-0.39, 0.29) is 82.6 Å². The smallest absolute Gasteiger partial charge is 0.407 e. The van der Waals surface area contributed by atoms with Crippen LogP contribution in [0.1, 0.15) is 117 Å². The number of nitrogens with one attached hydrogen (secondary N) is 1. The summed E-state index contributed by atoms with van der Waals surface area (Å²) in [5, 5.41) is 13.2. The molecular formula is C44H65NO10. The molecule has 55 heavy (non-hydrogen) atoms. The van der Waals surface area contributed by atoms with Crippen molar-refractivity contribution in [3.05, 3.63) is 29.8 Å². The number of alkyl carbamates (subject to hydrolysis) is 1. The maximum Gasteiger partial charge on any atom is 0.407 e. The number of ether oxygens (including phenoxy) is 5. The Hall–Kier alpha value is -3.34. The maximum absolute atomic E-state index is 13.5. The van der Waals surface area contributed by atoms with Crippen LogP contribution in [0.4, 0.5) is 4.79 Å². The summed E-state index contributed by atoms with van der Waals surface area (Å²) < 4.78 is 28.8. The fourth-order valence-electron chi connectivity index (χ4n) is 12.4. The highest BCUT2D eigenvalue weighted by molar-refractivity contribution is 5.69. The first-order chi connectivity index (χ1) is 26.5. The minimum absolute atomic E-state index is 0.00789. The number of aliphatic hydroxyl groups excluding tert-OH is 1. The number of aliphatic hydroxyl groups is 1. The largest absolute Gasteiger partial charge is 0.492 e. The number of esters is 1. The summed E-state index contributed by atoms with van der Waals surface area (Å²) in [6, 6.07) is 8.01. The molecule has 0 spiro atoms. The number of carbonyl (C=O) groups is 4. The lowest BCUT2D eigenvalue weighted by molar-refractivity contribution is -0.217. The van der Waals surface area contributed by atoms with Crippen LogP contribution >= 0.6 is 0 Å². The van der Waals surface area contributed by atoms with Crippen LogP contribution < -0.4 is 10.1 Å². The van der Waals surface area contributed by atoms with Gasteiger partial charge in [-0.1, -0.05) is 39.3 Å². The lowest BCUT2D eigenvalue weighted by Crippen LogP contribution is -2.63. The molecule has 0 aliphatic heterocycles. The van der Waals surface area contributed by atoms with Gasteiger partial charge >= 0.3 is 12.1 Å². The molecule has 1 amide bonds. The molecule has 0 saturated heterocycles. The second-order valence-electron chi connectivity index (χ2n) is 17.9. The number of benzene rings is 1. The Kier molecular flexibility index (Phi) is 13.7. The van der Waals surface area contributed by atoms with Crippen LogP contribution in [0.5, 0.6) is 5.75 Å². The Bertz CT molecular complexity index is 1450. The Morgan fingerprint density at radius 1 is 0.945 bits per heavy atom. The molecule has 0 aromatic heterocycles. The van der Waals surface area contributed by atoms with Crippen LogP contribution in [0.3, 0.4) is 0 Å². The van der Waals surface area contributed by atoms with E-state index in [1.54, 1.807) is 6.92 Å². The minimum atomic E-state index is -0.451. The topological polar surface area (TPSA) is 147 Å². The molecule has 0 bridgehead atoms. The lowest BCUT2D eigenvalue weighted by atomic mass is 9.43. The van der Waals surface area contributed by atoms with Crippen molar-refractivity contribution in [1.29, 1.82) is 0 Å². The van der Waals surface area contributed by atoms with Crippen LogP contribution in [0, 0.1) is 52.3 Å². The predicted molar refractivity (Wildman–Crippen MR) is 205 cm³/mol. The SMILES string of the molecule is CCOC(=O)NCCOc1ccc(C[C@H]2CCCC[C@@H]2OC(=O)CC[C@@H](C)[C@H]2CC[C@H]3[C@@H]4[C@H](OC=O)C[C@@H]5C[C@H](O)CC[C@]5(C)[C@H]4C[C@H](OC=O)[C@]23C)cc1. The van der Waals surface area contributed by atoms with Crippen molar-refractivity contribution >= 4 is 25.0 Å². The van der Waals surface area contributed by atoms with E-state index in [1.165, 1.54) is 5.56 Å². The Morgan fingerprint density at radius 2 is 1.71 bits per heavy atom. The highest BCUT2D eigenvalue weighted by Crippen LogP contribution is 2.69. The fourth-order valence-corrected chi connectivity index (χ4v) is 12.4. The summed E-state index contributed by atoms with van der Waals surface area (Å²) in [5.41, 5.74) is 0.863. The molecule has 0 unspecified atom stereocenters. The van der Waals surface area contributed by atoms with Crippen LogP contribution in [0.15, 0.2) is 24.3 Å². The summed E-state index contributed by atoms with van der Waals surface area (Å²) in [5.74, 6) is 2.19. The first-order valence-corrected chi connectivity index (χ1v) is 21.2. The Balaban J connectivity index is 1.05. The molecule has 5 aliphatic carbocycles. The Labute approximate surface area is 327 Å². The van der Waals surface area contributed by atoms with Crippen LogP contribution in [0.25, 0.3) is 0 Å². The van der Waals surface area contributed by atoms with Gasteiger partial charge in [-0.25, -0.2) is 4.79 Å². The van der Waals surface area contributed by atoms with E-state index in [2.05, 4.69) is 38.2 Å². The van der Waals surface area contributed by atoms with Crippen LogP contribution in [0.2, 0.25) is 0 Å². The maximum atomic E-state index is 13.5. The fraction of sp³-hybridized carbons (Fsp3) is 0.773. The van der Waals surface area contributed by atoms with Crippen molar-refractivity contribution in [2.75, 3.05) is 19.8 Å². The average Bonchev–Trinajstić information content (AvgIpc) is 3.53. The quantitative estimate of drug-likeness (QED) is 0.0767. The van der Waals surface area contributed by atoms with E-state index in [4.69, 9.17) is 23.7 Å². The van der Waals surface area contributed by atoms with E-state index in [0.717, 1.165) is 82.8 Å². The molecule has 5 aliphatic rings. The van der Waals surface area contributed by atoms with Crippen molar-refractivity contribution in [1.82, 2.24) is 5.32 Å². The van der Waals surface area contributed by atoms with Crippen molar-refractivity contribution in [2.24, 2.45) is 52.3 Å². The third-order valence-electron chi connectivity index (χ3n) is 15.2. The van der Waals surface area contributed by atoms with Crippen molar-refractivity contribution < 1.29 is 48.0 Å². The monoisotopic (exact) mass is 767 g/mol. The molecule has 1 aromatic rings. The number of hydrogen-bond donors (Lipinski definition) is 2. The molecule has 11 nitrogen and oxygen atoms in total. The first kappa shape index (κ1) is 41.3. The normalized spacial score (nSPS) is 37.2. The van der Waals surface area contributed by atoms with Gasteiger partial charge in [0.15, 0.2) is 0 Å². The zero-order valence-corrected chi connectivity index (χ0v) is 33.5. The van der Waals surface area contributed by atoms with E-state index in [1.807, 2.05) is 12.1 Å². The van der Waals surface area contributed by atoms with Gasteiger partial charge in [0, 0.05) is 17.8 Å².